The van der Waals surface area contributed by atoms with Gasteiger partial charge in [-0.2, -0.15) is 5.10 Å². The van der Waals surface area contributed by atoms with Crippen molar-refractivity contribution in [1.82, 2.24) is 9.61 Å². The van der Waals surface area contributed by atoms with E-state index in [1.807, 2.05) is 17.6 Å². The summed E-state index contributed by atoms with van der Waals surface area (Å²) in [5.74, 6) is 0.906. The fraction of sp³-hybridized carbons (Fsp3) is 0.364. The van der Waals surface area contributed by atoms with Crippen molar-refractivity contribution in [3.63, 3.8) is 0 Å². The number of aryl methyl sites for hydroxylation is 2. The third kappa shape index (κ3) is 1.35. The molecule has 3 heteroatoms. The molecule has 0 amide bonds. The first-order valence-electron chi connectivity index (χ1n) is 4.77. The Kier molecular flexibility index (Phi) is 2.15. The van der Waals surface area contributed by atoms with Crippen molar-refractivity contribution in [1.29, 1.82) is 0 Å². The van der Waals surface area contributed by atoms with Crippen LogP contribution in [0.1, 0.15) is 18.2 Å². The lowest BCUT2D eigenvalue weighted by atomic mass is 10.2. The zero-order chi connectivity index (χ0) is 10.1. The smallest absolute Gasteiger partial charge is 0.140 e. The lowest BCUT2D eigenvalue weighted by molar-refractivity contribution is 0.407. The SMILES string of the molecule is CCc1cc2cc(C)nn2cc1OC. The summed E-state index contributed by atoms with van der Waals surface area (Å²) < 4.78 is 7.15. The maximum absolute atomic E-state index is 5.29. The number of fused-ring (bicyclic) bond motifs is 1. The molecule has 0 bridgehead atoms. The molecule has 0 aliphatic carbocycles. The largest absolute Gasteiger partial charge is 0.495 e. The van der Waals surface area contributed by atoms with E-state index in [1.54, 1.807) is 7.11 Å². The van der Waals surface area contributed by atoms with E-state index in [1.165, 1.54) is 5.56 Å². The highest BCUT2D eigenvalue weighted by molar-refractivity contribution is 5.53. The van der Waals surface area contributed by atoms with E-state index < -0.39 is 0 Å². The van der Waals surface area contributed by atoms with Gasteiger partial charge >= 0.3 is 0 Å². The molecule has 3 nitrogen and oxygen atoms in total. The maximum atomic E-state index is 5.29. The molecule has 2 aromatic rings. The number of rotatable bonds is 2. The Bertz CT molecular complexity index is 419. The fourth-order valence-corrected chi connectivity index (χ4v) is 1.65. The van der Waals surface area contributed by atoms with E-state index in [4.69, 9.17) is 4.74 Å². The van der Waals surface area contributed by atoms with E-state index in [-0.39, 0.29) is 0 Å². The molecular weight excluding hydrogens is 176 g/mol. The van der Waals surface area contributed by atoms with Gasteiger partial charge in [0.2, 0.25) is 0 Å². The summed E-state index contributed by atoms with van der Waals surface area (Å²) in [5.41, 5.74) is 3.38. The van der Waals surface area contributed by atoms with Gasteiger partial charge in [-0.25, -0.2) is 4.52 Å². The highest BCUT2D eigenvalue weighted by Crippen LogP contribution is 2.21. The quantitative estimate of drug-likeness (QED) is 0.725. The third-order valence-corrected chi connectivity index (χ3v) is 2.37. The first-order valence-corrected chi connectivity index (χ1v) is 4.77. The first-order chi connectivity index (χ1) is 6.74. The Morgan fingerprint density at radius 1 is 1.43 bits per heavy atom. The molecule has 74 valence electrons. The van der Waals surface area contributed by atoms with Crippen molar-refractivity contribution in [3.05, 3.63) is 29.6 Å². The van der Waals surface area contributed by atoms with E-state index in [9.17, 15) is 0 Å². The summed E-state index contributed by atoms with van der Waals surface area (Å²) >= 11 is 0. The second kappa shape index (κ2) is 3.33. The van der Waals surface area contributed by atoms with Crippen LogP contribution in [0.5, 0.6) is 5.75 Å². The van der Waals surface area contributed by atoms with Crippen LogP contribution in [0.2, 0.25) is 0 Å². The van der Waals surface area contributed by atoms with Gasteiger partial charge in [-0.15, -0.1) is 0 Å². The Hall–Kier alpha value is -1.51. The highest BCUT2D eigenvalue weighted by atomic mass is 16.5. The zero-order valence-corrected chi connectivity index (χ0v) is 8.74. The lowest BCUT2D eigenvalue weighted by Crippen LogP contribution is -1.95. The van der Waals surface area contributed by atoms with Gasteiger partial charge in [0.1, 0.15) is 5.75 Å². The van der Waals surface area contributed by atoms with Crippen molar-refractivity contribution in [3.8, 4) is 5.75 Å². The fourth-order valence-electron chi connectivity index (χ4n) is 1.65. The Labute approximate surface area is 83.3 Å². The summed E-state index contributed by atoms with van der Waals surface area (Å²) in [5, 5.41) is 4.33. The predicted octanol–water partition coefficient (Wildman–Crippen LogP) is 2.21. The number of hydrogen-bond acceptors (Lipinski definition) is 2. The van der Waals surface area contributed by atoms with Gasteiger partial charge in [0, 0.05) is 0 Å². The number of methoxy groups -OCH3 is 1. The second-order valence-corrected chi connectivity index (χ2v) is 3.38. The zero-order valence-electron chi connectivity index (χ0n) is 8.74. The maximum Gasteiger partial charge on any atom is 0.140 e. The van der Waals surface area contributed by atoms with Crippen LogP contribution in [-0.2, 0) is 6.42 Å². The van der Waals surface area contributed by atoms with Gasteiger partial charge in [-0.3, -0.25) is 0 Å². The second-order valence-electron chi connectivity index (χ2n) is 3.38. The molecule has 0 spiro atoms. The lowest BCUT2D eigenvalue weighted by Gasteiger charge is -2.06. The minimum atomic E-state index is 0.906. The molecule has 0 N–H and O–H groups in total. The van der Waals surface area contributed by atoms with Crippen molar-refractivity contribution >= 4 is 5.52 Å². The summed E-state index contributed by atoms with van der Waals surface area (Å²) in [6, 6.07) is 4.19. The average molecular weight is 190 g/mol. The van der Waals surface area contributed by atoms with Crippen molar-refractivity contribution in [2.45, 2.75) is 20.3 Å². The number of hydrogen-bond donors (Lipinski definition) is 0. The van der Waals surface area contributed by atoms with Gasteiger partial charge in [0.15, 0.2) is 0 Å². The highest BCUT2D eigenvalue weighted by Gasteiger charge is 2.05. The number of aromatic nitrogens is 2. The van der Waals surface area contributed by atoms with Gasteiger partial charge in [0.05, 0.1) is 24.5 Å². The Morgan fingerprint density at radius 3 is 2.86 bits per heavy atom. The Morgan fingerprint density at radius 2 is 2.21 bits per heavy atom. The minimum absolute atomic E-state index is 0.906. The predicted molar refractivity (Wildman–Crippen MR) is 55.9 cm³/mol. The normalized spacial score (nSPS) is 10.8. The topological polar surface area (TPSA) is 26.5 Å². The molecule has 0 aliphatic rings. The molecule has 0 fully saturated rings. The molecule has 0 aromatic carbocycles. The van der Waals surface area contributed by atoms with Crippen LogP contribution >= 0.6 is 0 Å². The summed E-state index contributed by atoms with van der Waals surface area (Å²) in [6.07, 6.45) is 2.91. The van der Waals surface area contributed by atoms with Gasteiger partial charge in [-0.1, -0.05) is 6.92 Å². The van der Waals surface area contributed by atoms with Crippen LogP contribution in [0.15, 0.2) is 18.3 Å². The Balaban J connectivity index is 2.68. The van der Waals surface area contributed by atoms with Crippen molar-refractivity contribution in [2.24, 2.45) is 0 Å². The standard InChI is InChI=1S/C11H14N2O/c1-4-9-6-10-5-8(2)12-13(10)7-11(9)14-3/h5-7H,4H2,1-3H3. The van der Waals surface area contributed by atoms with Crippen molar-refractivity contribution < 1.29 is 4.74 Å². The number of ether oxygens (including phenoxy) is 1. The van der Waals surface area contributed by atoms with Crippen molar-refractivity contribution in [2.75, 3.05) is 7.11 Å². The molecule has 0 unspecified atom stereocenters. The van der Waals surface area contributed by atoms with Gasteiger partial charge in [0.25, 0.3) is 0 Å². The van der Waals surface area contributed by atoms with E-state index in [0.29, 0.717) is 0 Å². The van der Waals surface area contributed by atoms with E-state index >= 15 is 0 Å². The minimum Gasteiger partial charge on any atom is -0.495 e. The molecule has 2 aromatic heterocycles. The van der Waals surface area contributed by atoms with Crippen LogP contribution < -0.4 is 4.74 Å². The molecule has 0 saturated carbocycles. The van der Waals surface area contributed by atoms with Gasteiger partial charge in [-0.05, 0) is 31.0 Å². The summed E-state index contributed by atoms with van der Waals surface area (Å²) in [7, 11) is 1.69. The molecule has 2 heterocycles. The van der Waals surface area contributed by atoms with E-state index in [2.05, 4.69) is 24.2 Å². The average Bonchev–Trinajstić information content (AvgIpc) is 2.54. The van der Waals surface area contributed by atoms with Crippen LogP contribution in [0.4, 0.5) is 0 Å². The van der Waals surface area contributed by atoms with Crippen LogP contribution in [-0.4, -0.2) is 16.7 Å². The third-order valence-electron chi connectivity index (χ3n) is 2.37. The first kappa shape index (κ1) is 9.06. The monoisotopic (exact) mass is 190 g/mol. The number of pyridine rings is 1. The van der Waals surface area contributed by atoms with Crippen LogP contribution in [0, 0.1) is 6.92 Å². The molecule has 0 atom stereocenters. The summed E-state index contributed by atoms with van der Waals surface area (Å²) in [4.78, 5) is 0. The molecular formula is C11H14N2O. The van der Waals surface area contributed by atoms with Crippen LogP contribution in [0.25, 0.3) is 5.52 Å². The summed E-state index contributed by atoms with van der Waals surface area (Å²) in [6.45, 7) is 4.11. The number of nitrogens with zero attached hydrogens (tertiary/aromatic N) is 2. The van der Waals surface area contributed by atoms with Gasteiger partial charge < -0.3 is 4.74 Å². The van der Waals surface area contributed by atoms with Crippen LogP contribution in [0.3, 0.4) is 0 Å². The molecule has 0 radical (unpaired) electrons. The van der Waals surface area contributed by atoms with E-state index in [0.717, 1.165) is 23.4 Å². The molecule has 14 heavy (non-hydrogen) atoms. The molecule has 2 rings (SSSR count). The molecule has 0 aliphatic heterocycles. The molecule has 0 saturated heterocycles.